The zero-order chi connectivity index (χ0) is 15.4. The predicted octanol–water partition coefficient (Wildman–Crippen LogP) is 1.23. The van der Waals surface area contributed by atoms with Gasteiger partial charge < -0.3 is 5.32 Å². The van der Waals surface area contributed by atoms with Crippen LogP contribution in [0.2, 0.25) is 0 Å². The summed E-state index contributed by atoms with van der Waals surface area (Å²) in [6, 6.07) is 1.63. The molecule has 3 heterocycles. The molecule has 0 fully saturated rings. The van der Waals surface area contributed by atoms with E-state index in [1.807, 2.05) is 13.8 Å². The molecule has 0 spiro atoms. The van der Waals surface area contributed by atoms with E-state index >= 15 is 0 Å². The van der Waals surface area contributed by atoms with Crippen LogP contribution in [0.1, 0.15) is 30.2 Å². The van der Waals surface area contributed by atoms with E-state index in [4.69, 9.17) is 0 Å². The van der Waals surface area contributed by atoms with E-state index in [2.05, 4.69) is 30.6 Å². The average Bonchev–Trinajstić information content (AvgIpc) is 3.16. The minimum Gasteiger partial charge on any atom is -0.354 e. The van der Waals surface area contributed by atoms with Gasteiger partial charge in [0.1, 0.15) is 5.82 Å². The molecule has 0 saturated heterocycles. The van der Waals surface area contributed by atoms with Crippen LogP contribution in [-0.4, -0.2) is 42.9 Å². The van der Waals surface area contributed by atoms with Crippen molar-refractivity contribution < 1.29 is 4.79 Å². The van der Waals surface area contributed by atoms with Crippen molar-refractivity contribution in [2.75, 3.05) is 7.05 Å². The Morgan fingerprint density at radius 3 is 2.81 bits per heavy atom. The second-order valence-electron chi connectivity index (χ2n) is 3.95. The fraction of sp³-hybridized carbons (Fsp3) is 0.308. The van der Waals surface area contributed by atoms with Crippen molar-refractivity contribution in [1.82, 2.24) is 35.3 Å². The van der Waals surface area contributed by atoms with Gasteiger partial charge in [0.05, 0.1) is 11.6 Å². The molecule has 0 aliphatic heterocycles. The van der Waals surface area contributed by atoms with Crippen molar-refractivity contribution in [3.05, 3.63) is 30.0 Å². The molecule has 0 aromatic carbocycles. The van der Waals surface area contributed by atoms with Crippen LogP contribution in [0.5, 0.6) is 0 Å². The molecule has 8 nitrogen and oxygen atoms in total. The number of hydrogen-bond acceptors (Lipinski definition) is 5. The van der Waals surface area contributed by atoms with E-state index in [1.54, 1.807) is 32.4 Å². The van der Waals surface area contributed by atoms with Gasteiger partial charge in [-0.05, 0) is 13.0 Å². The molecule has 110 valence electrons. The van der Waals surface area contributed by atoms with Gasteiger partial charge in [-0.15, -0.1) is 0 Å². The second kappa shape index (κ2) is 6.12. The van der Waals surface area contributed by atoms with E-state index < -0.39 is 0 Å². The second-order valence-corrected chi connectivity index (χ2v) is 3.95. The molecule has 0 atom stereocenters. The zero-order valence-electron chi connectivity index (χ0n) is 12.4. The Hall–Kier alpha value is -2.77. The van der Waals surface area contributed by atoms with Crippen molar-refractivity contribution in [3.8, 4) is 5.82 Å². The fourth-order valence-corrected chi connectivity index (χ4v) is 1.79. The minimum absolute atomic E-state index is 0.243. The average molecular weight is 287 g/mol. The van der Waals surface area contributed by atoms with Gasteiger partial charge >= 0.3 is 0 Å². The van der Waals surface area contributed by atoms with Crippen molar-refractivity contribution >= 4 is 16.9 Å². The lowest BCUT2D eigenvalue weighted by Crippen LogP contribution is -2.18. The molecule has 2 N–H and O–H groups in total. The lowest BCUT2D eigenvalue weighted by atomic mass is 10.4. The summed E-state index contributed by atoms with van der Waals surface area (Å²) < 4.78 is 1.54. The highest BCUT2D eigenvalue weighted by Crippen LogP contribution is 2.16. The van der Waals surface area contributed by atoms with Gasteiger partial charge in [-0.1, -0.05) is 13.8 Å². The van der Waals surface area contributed by atoms with Crippen LogP contribution in [0.3, 0.4) is 0 Å². The molecule has 21 heavy (non-hydrogen) atoms. The Morgan fingerprint density at radius 1 is 1.33 bits per heavy atom. The Bertz CT molecular complexity index is 759. The Morgan fingerprint density at radius 2 is 2.10 bits per heavy atom. The zero-order valence-corrected chi connectivity index (χ0v) is 12.4. The van der Waals surface area contributed by atoms with Crippen LogP contribution in [0.4, 0.5) is 0 Å². The first-order chi connectivity index (χ1) is 10.2. The molecular weight excluding hydrogens is 270 g/mol. The van der Waals surface area contributed by atoms with E-state index in [0.29, 0.717) is 23.0 Å². The molecule has 0 radical (unpaired) electrons. The van der Waals surface area contributed by atoms with Gasteiger partial charge in [-0.3, -0.25) is 9.89 Å². The van der Waals surface area contributed by atoms with E-state index in [0.717, 1.165) is 5.39 Å². The van der Waals surface area contributed by atoms with Crippen LogP contribution in [-0.2, 0) is 0 Å². The number of aromatic amines is 1. The molecule has 8 heteroatoms. The molecule has 0 unspecified atom stereocenters. The lowest BCUT2D eigenvalue weighted by Gasteiger charge is -2.02. The number of amides is 1. The fourth-order valence-electron chi connectivity index (χ4n) is 1.79. The first-order valence-corrected chi connectivity index (χ1v) is 6.65. The topological polar surface area (TPSA) is 101 Å². The van der Waals surface area contributed by atoms with E-state index in [9.17, 15) is 4.79 Å². The Balaban J connectivity index is 0.000000774. The number of carbonyl (C=O) groups excluding carboxylic acids is 1. The van der Waals surface area contributed by atoms with Gasteiger partial charge in [0.2, 0.25) is 0 Å². The third kappa shape index (κ3) is 2.73. The summed E-state index contributed by atoms with van der Waals surface area (Å²) in [5.74, 6) is 0.947. The highest BCUT2D eigenvalue weighted by Gasteiger charge is 2.13. The normalized spacial score (nSPS) is 10.1. The van der Waals surface area contributed by atoms with Crippen LogP contribution in [0.15, 0.2) is 18.5 Å². The summed E-state index contributed by atoms with van der Waals surface area (Å²) in [6.07, 6.45) is 3.31. The van der Waals surface area contributed by atoms with E-state index in [-0.39, 0.29) is 5.91 Å². The monoisotopic (exact) mass is 287 g/mol. The van der Waals surface area contributed by atoms with Gasteiger partial charge in [-0.2, -0.15) is 10.2 Å². The van der Waals surface area contributed by atoms with Gasteiger partial charge in [0.25, 0.3) is 5.91 Å². The van der Waals surface area contributed by atoms with Crippen molar-refractivity contribution in [2.45, 2.75) is 20.8 Å². The first-order valence-electron chi connectivity index (χ1n) is 6.65. The molecule has 0 bridgehead atoms. The third-order valence-corrected chi connectivity index (χ3v) is 2.67. The Kier molecular flexibility index (Phi) is 4.27. The molecular formula is C13H17N7O. The Labute approximate surface area is 121 Å². The standard InChI is InChI=1S/C11H11N7O.C2H6/c1-6-14-9-7(5-13-16-9)10(15-6)18-4-3-8(17-18)11(19)12-2;1-2/h3-5H,1-2H3,(H,12,19)(H,13,14,15,16);1-2H3. The van der Waals surface area contributed by atoms with E-state index in [1.165, 1.54) is 4.68 Å². The maximum Gasteiger partial charge on any atom is 0.271 e. The van der Waals surface area contributed by atoms with Crippen LogP contribution in [0, 0.1) is 6.92 Å². The number of nitrogens with zero attached hydrogens (tertiary/aromatic N) is 5. The summed E-state index contributed by atoms with van der Waals surface area (Å²) in [5.41, 5.74) is 0.968. The number of rotatable bonds is 2. The van der Waals surface area contributed by atoms with Gasteiger partial charge in [-0.25, -0.2) is 14.6 Å². The first kappa shape index (κ1) is 14.6. The number of carbonyl (C=O) groups is 1. The number of nitrogens with one attached hydrogen (secondary N) is 2. The van der Waals surface area contributed by atoms with Gasteiger partial charge in [0, 0.05) is 13.2 Å². The highest BCUT2D eigenvalue weighted by atomic mass is 16.1. The molecule has 0 saturated carbocycles. The maximum absolute atomic E-state index is 11.5. The van der Waals surface area contributed by atoms with Gasteiger partial charge in [0.15, 0.2) is 17.2 Å². The van der Waals surface area contributed by atoms with Crippen LogP contribution < -0.4 is 5.32 Å². The molecule has 3 rings (SSSR count). The van der Waals surface area contributed by atoms with Crippen LogP contribution >= 0.6 is 0 Å². The SMILES string of the molecule is CC.CNC(=O)c1ccn(-c2nc(C)nc3[nH]ncc23)n1. The maximum atomic E-state index is 11.5. The molecule has 0 aliphatic carbocycles. The highest BCUT2D eigenvalue weighted by molar-refractivity contribution is 5.92. The summed E-state index contributed by atoms with van der Waals surface area (Å²) in [5, 5.41) is 14.2. The third-order valence-electron chi connectivity index (χ3n) is 2.67. The van der Waals surface area contributed by atoms with Crippen LogP contribution in [0.25, 0.3) is 16.9 Å². The number of aromatic nitrogens is 6. The lowest BCUT2D eigenvalue weighted by molar-refractivity contribution is 0.0957. The summed E-state index contributed by atoms with van der Waals surface area (Å²) in [4.78, 5) is 20.1. The summed E-state index contributed by atoms with van der Waals surface area (Å²) >= 11 is 0. The number of hydrogen-bond donors (Lipinski definition) is 2. The smallest absolute Gasteiger partial charge is 0.271 e. The molecule has 0 aliphatic rings. The summed E-state index contributed by atoms with van der Waals surface area (Å²) in [7, 11) is 1.56. The quantitative estimate of drug-likeness (QED) is 0.738. The van der Waals surface area contributed by atoms with Crippen molar-refractivity contribution in [2.24, 2.45) is 0 Å². The van der Waals surface area contributed by atoms with Crippen molar-refractivity contribution in [3.63, 3.8) is 0 Å². The predicted molar refractivity (Wildman–Crippen MR) is 78.3 cm³/mol. The van der Waals surface area contributed by atoms with Crippen molar-refractivity contribution in [1.29, 1.82) is 0 Å². The number of aryl methyl sites for hydroxylation is 1. The number of fused-ring (bicyclic) bond motifs is 1. The molecule has 1 amide bonds. The molecule has 3 aromatic heterocycles. The largest absolute Gasteiger partial charge is 0.354 e. The minimum atomic E-state index is -0.243. The summed E-state index contributed by atoms with van der Waals surface area (Å²) in [6.45, 7) is 5.78. The molecule has 3 aromatic rings. The number of H-pyrrole nitrogens is 1.